The van der Waals surface area contributed by atoms with Crippen molar-refractivity contribution in [1.82, 2.24) is 9.55 Å². The number of aliphatic hydroxyl groups excluding tert-OH is 1. The third kappa shape index (κ3) is 1.77. The largest absolute Gasteiger partial charge is 0.481 e. The standard InChI is InChI=1S/C12H12N2O4S/c15-4-3-14-5-13-10-9(11(14)16)8-6(12(17)18)1-2-7(8)19-10/h5-6,15H,1-4H2,(H,17,18). The quantitative estimate of drug-likeness (QED) is 0.857. The zero-order valence-electron chi connectivity index (χ0n) is 10.00. The highest BCUT2D eigenvalue weighted by atomic mass is 32.1. The average molecular weight is 280 g/mol. The lowest BCUT2D eigenvalue weighted by Crippen LogP contribution is -2.23. The molecule has 0 saturated carbocycles. The second-order valence-electron chi connectivity index (χ2n) is 4.52. The number of carboxylic acids is 1. The van der Waals surface area contributed by atoms with Crippen LogP contribution in [-0.2, 0) is 17.8 Å². The van der Waals surface area contributed by atoms with E-state index < -0.39 is 11.9 Å². The molecule has 6 nitrogen and oxygen atoms in total. The molecule has 0 radical (unpaired) electrons. The molecule has 2 aromatic rings. The lowest BCUT2D eigenvalue weighted by molar-refractivity contribution is -0.138. The summed E-state index contributed by atoms with van der Waals surface area (Å²) in [7, 11) is 0. The number of hydrogen-bond donors (Lipinski definition) is 2. The smallest absolute Gasteiger partial charge is 0.311 e. The van der Waals surface area contributed by atoms with Crippen molar-refractivity contribution in [2.24, 2.45) is 0 Å². The zero-order chi connectivity index (χ0) is 13.6. The minimum absolute atomic E-state index is 0.151. The molecule has 3 rings (SSSR count). The fraction of sp³-hybridized carbons (Fsp3) is 0.417. The molecular weight excluding hydrogens is 268 g/mol. The highest BCUT2D eigenvalue weighted by molar-refractivity contribution is 7.18. The molecule has 1 aliphatic carbocycles. The Hall–Kier alpha value is -1.73. The normalized spacial score (nSPS) is 17.8. The van der Waals surface area contributed by atoms with Crippen molar-refractivity contribution >= 4 is 27.5 Å². The van der Waals surface area contributed by atoms with Crippen LogP contribution in [0.15, 0.2) is 11.1 Å². The molecule has 0 saturated heterocycles. The van der Waals surface area contributed by atoms with Crippen molar-refractivity contribution in [3.05, 3.63) is 27.1 Å². The molecule has 2 aromatic heterocycles. The van der Waals surface area contributed by atoms with E-state index in [1.54, 1.807) is 0 Å². The van der Waals surface area contributed by atoms with Crippen molar-refractivity contribution < 1.29 is 15.0 Å². The van der Waals surface area contributed by atoms with E-state index in [0.29, 0.717) is 28.6 Å². The van der Waals surface area contributed by atoms with Gasteiger partial charge in [0.25, 0.3) is 5.56 Å². The Labute approximate surface area is 111 Å². The first kappa shape index (κ1) is 12.3. The molecule has 0 aliphatic heterocycles. The molecule has 2 heterocycles. The number of fused-ring (bicyclic) bond motifs is 3. The van der Waals surface area contributed by atoms with Gasteiger partial charge in [0, 0.05) is 4.88 Å². The van der Waals surface area contributed by atoms with Crippen molar-refractivity contribution in [2.75, 3.05) is 6.61 Å². The first-order chi connectivity index (χ1) is 9.13. The van der Waals surface area contributed by atoms with E-state index in [0.717, 1.165) is 4.88 Å². The van der Waals surface area contributed by atoms with Crippen molar-refractivity contribution in [3.8, 4) is 0 Å². The summed E-state index contributed by atoms with van der Waals surface area (Å²) in [5, 5.41) is 18.6. The van der Waals surface area contributed by atoms with Gasteiger partial charge in [-0.2, -0.15) is 0 Å². The molecule has 19 heavy (non-hydrogen) atoms. The molecule has 7 heteroatoms. The molecule has 1 unspecified atom stereocenters. The van der Waals surface area contributed by atoms with Gasteiger partial charge in [-0.05, 0) is 18.4 Å². The Balaban J connectivity index is 2.28. The van der Waals surface area contributed by atoms with E-state index in [1.165, 1.54) is 22.2 Å². The Bertz CT molecular complexity index is 718. The number of aromatic nitrogens is 2. The summed E-state index contributed by atoms with van der Waals surface area (Å²) in [4.78, 5) is 29.3. The number of thiophene rings is 1. The molecular formula is C12H12N2O4S. The summed E-state index contributed by atoms with van der Waals surface area (Å²) in [5.41, 5.74) is 0.377. The Morgan fingerprint density at radius 3 is 3.05 bits per heavy atom. The Kier molecular flexibility index (Phi) is 2.87. The molecule has 100 valence electrons. The van der Waals surface area contributed by atoms with Crippen LogP contribution in [0.3, 0.4) is 0 Å². The lowest BCUT2D eigenvalue weighted by Gasteiger charge is -2.06. The minimum atomic E-state index is -0.893. The maximum Gasteiger partial charge on any atom is 0.311 e. The van der Waals surface area contributed by atoms with Crippen LogP contribution in [0.4, 0.5) is 0 Å². The van der Waals surface area contributed by atoms with Crippen molar-refractivity contribution in [2.45, 2.75) is 25.3 Å². The summed E-state index contributed by atoms with van der Waals surface area (Å²) < 4.78 is 1.33. The van der Waals surface area contributed by atoms with Crippen LogP contribution in [0, 0.1) is 0 Å². The molecule has 1 atom stereocenters. The highest BCUT2D eigenvalue weighted by Gasteiger charge is 2.34. The van der Waals surface area contributed by atoms with Gasteiger partial charge in [-0.3, -0.25) is 14.2 Å². The number of nitrogens with zero attached hydrogens (tertiary/aromatic N) is 2. The van der Waals surface area contributed by atoms with Crippen LogP contribution in [0.1, 0.15) is 22.8 Å². The van der Waals surface area contributed by atoms with Crippen LogP contribution in [-0.4, -0.2) is 32.3 Å². The molecule has 0 fully saturated rings. The number of aliphatic carboxylic acids is 1. The average Bonchev–Trinajstić information content (AvgIpc) is 2.90. The number of aliphatic hydroxyl groups is 1. The van der Waals surface area contributed by atoms with Gasteiger partial charge >= 0.3 is 5.97 Å². The second-order valence-corrected chi connectivity index (χ2v) is 5.60. The fourth-order valence-electron chi connectivity index (χ4n) is 2.58. The van der Waals surface area contributed by atoms with Gasteiger partial charge in [0.15, 0.2) is 0 Å². The minimum Gasteiger partial charge on any atom is -0.481 e. The third-order valence-electron chi connectivity index (χ3n) is 3.44. The summed E-state index contributed by atoms with van der Waals surface area (Å²) in [6.07, 6.45) is 2.63. The maximum atomic E-state index is 12.3. The summed E-state index contributed by atoms with van der Waals surface area (Å²) in [5.74, 6) is -1.50. The van der Waals surface area contributed by atoms with E-state index in [-0.39, 0.29) is 18.7 Å². The van der Waals surface area contributed by atoms with E-state index in [4.69, 9.17) is 5.11 Å². The molecule has 0 bridgehead atoms. The lowest BCUT2D eigenvalue weighted by atomic mass is 10.0. The van der Waals surface area contributed by atoms with E-state index >= 15 is 0 Å². The Morgan fingerprint density at radius 1 is 1.58 bits per heavy atom. The second kappa shape index (κ2) is 4.43. The van der Waals surface area contributed by atoms with Crippen LogP contribution < -0.4 is 5.56 Å². The maximum absolute atomic E-state index is 12.3. The molecule has 0 aromatic carbocycles. The van der Waals surface area contributed by atoms with Gasteiger partial charge in [0.2, 0.25) is 0 Å². The Morgan fingerprint density at radius 2 is 2.37 bits per heavy atom. The highest BCUT2D eigenvalue weighted by Crippen LogP contribution is 2.41. The topological polar surface area (TPSA) is 92.4 Å². The first-order valence-corrected chi connectivity index (χ1v) is 6.79. The molecule has 0 amide bonds. The number of aryl methyl sites for hydroxylation is 1. The van der Waals surface area contributed by atoms with Gasteiger partial charge in [0.1, 0.15) is 4.83 Å². The first-order valence-electron chi connectivity index (χ1n) is 5.98. The number of carboxylic acid groups (broad SMARTS) is 1. The third-order valence-corrected chi connectivity index (χ3v) is 4.61. The molecule has 1 aliphatic rings. The van der Waals surface area contributed by atoms with Gasteiger partial charge in [-0.1, -0.05) is 0 Å². The summed E-state index contributed by atoms with van der Waals surface area (Å²) in [6.45, 7) is 0.0198. The van der Waals surface area contributed by atoms with Gasteiger partial charge in [0.05, 0.1) is 30.8 Å². The molecule has 0 spiro atoms. The van der Waals surface area contributed by atoms with Gasteiger partial charge < -0.3 is 10.2 Å². The summed E-state index contributed by atoms with van der Waals surface area (Å²) in [6, 6.07) is 0. The predicted molar refractivity (Wildman–Crippen MR) is 69.7 cm³/mol. The number of rotatable bonds is 3. The van der Waals surface area contributed by atoms with E-state index in [1.807, 2.05) is 0 Å². The van der Waals surface area contributed by atoms with Crippen molar-refractivity contribution in [3.63, 3.8) is 0 Å². The van der Waals surface area contributed by atoms with E-state index in [2.05, 4.69) is 4.98 Å². The van der Waals surface area contributed by atoms with Crippen LogP contribution >= 0.6 is 11.3 Å². The van der Waals surface area contributed by atoms with Crippen molar-refractivity contribution in [1.29, 1.82) is 0 Å². The SMILES string of the molecule is O=C(O)C1CCc2sc3ncn(CCO)c(=O)c3c21. The monoisotopic (exact) mass is 280 g/mol. The molecule has 2 N–H and O–H groups in total. The number of hydrogen-bond acceptors (Lipinski definition) is 5. The number of carbonyl (C=O) groups is 1. The predicted octanol–water partition coefficient (Wildman–Crippen LogP) is 0.565. The van der Waals surface area contributed by atoms with Crippen LogP contribution in [0.5, 0.6) is 0 Å². The van der Waals surface area contributed by atoms with Gasteiger partial charge in [-0.15, -0.1) is 11.3 Å². The van der Waals surface area contributed by atoms with Crippen LogP contribution in [0.2, 0.25) is 0 Å². The summed E-state index contributed by atoms with van der Waals surface area (Å²) >= 11 is 1.40. The van der Waals surface area contributed by atoms with Gasteiger partial charge in [-0.25, -0.2) is 4.98 Å². The van der Waals surface area contributed by atoms with Crippen LogP contribution in [0.25, 0.3) is 10.2 Å². The fourth-order valence-corrected chi connectivity index (χ4v) is 3.79. The zero-order valence-corrected chi connectivity index (χ0v) is 10.8. The van der Waals surface area contributed by atoms with E-state index in [9.17, 15) is 14.7 Å².